The maximum atomic E-state index is 12.4. The molecule has 3 heteroatoms. The largest absolute Gasteiger partial charge is 0.314 e. The van der Waals surface area contributed by atoms with Crippen molar-refractivity contribution in [1.82, 2.24) is 5.32 Å². The first-order valence-corrected chi connectivity index (χ1v) is 4.99. The first-order chi connectivity index (χ1) is 7.24. The molecule has 0 aliphatic heterocycles. The Labute approximate surface area is 88.8 Å². The highest BCUT2D eigenvalue weighted by Crippen LogP contribution is 2.19. The van der Waals surface area contributed by atoms with Crippen molar-refractivity contribution in [2.75, 3.05) is 13.1 Å². The molecule has 0 bridgehead atoms. The summed E-state index contributed by atoms with van der Waals surface area (Å²) in [6, 6.07) is 6.40. The van der Waals surface area contributed by atoms with Gasteiger partial charge < -0.3 is 5.32 Å². The molecule has 0 radical (unpaired) electrons. The normalized spacial score (nSPS) is 11.5. The van der Waals surface area contributed by atoms with Gasteiger partial charge in [-0.3, -0.25) is 0 Å². The molecule has 82 valence electrons. The maximum absolute atomic E-state index is 12.4. The number of halogens is 2. The SMILES string of the molecule is CCNC/C=C/c1cccc(C(F)F)c1. The molecule has 0 aromatic heterocycles. The van der Waals surface area contributed by atoms with Crippen molar-refractivity contribution < 1.29 is 8.78 Å². The zero-order chi connectivity index (χ0) is 11.1. The second kappa shape index (κ2) is 6.30. The molecule has 0 saturated carbocycles. The molecule has 1 aromatic rings. The summed E-state index contributed by atoms with van der Waals surface area (Å²) < 4.78 is 24.7. The minimum Gasteiger partial charge on any atom is -0.314 e. The lowest BCUT2D eigenvalue weighted by molar-refractivity contribution is 0.151. The van der Waals surface area contributed by atoms with E-state index in [1.165, 1.54) is 12.1 Å². The predicted octanol–water partition coefficient (Wildman–Crippen LogP) is 3.25. The molecule has 0 fully saturated rings. The van der Waals surface area contributed by atoms with E-state index >= 15 is 0 Å². The van der Waals surface area contributed by atoms with Gasteiger partial charge in [-0.05, 0) is 18.2 Å². The van der Waals surface area contributed by atoms with E-state index < -0.39 is 6.43 Å². The first kappa shape index (κ1) is 11.9. The molecule has 15 heavy (non-hydrogen) atoms. The van der Waals surface area contributed by atoms with Crippen LogP contribution in [0.4, 0.5) is 8.78 Å². The summed E-state index contributed by atoms with van der Waals surface area (Å²) >= 11 is 0. The van der Waals surface area contributed by atoms with Gasteiger partial charge in [0, 0.05) is 12.1 Å². The van der Waals surface area contributed by atoms with E-state index in [2.05, 4.69) is 5.32 Å². The lowest BCUT2D eigenvalue weighted by atomic mass is 10.1. The average Bonchev–Trinajstić information content (AvgIpc) is 2.25. The van der Waals surface area contributed by atoms with Crippen LogP contribution in [0.2, 0.25) is 0 Å². The van der Waals surface area contributed by atoms with Crippen molar-refractivity contribution in [3.8, 4) is 0 Å². The van der Waals surface area contributed by atoms with Crippen molar-refractivity contribution in [3.63, 3.8) is 0 Å². The van der Waals surface area contributed by atoms with E-state index in [-0.39, 0.29) is 5.56 Å². The topological polar surface area (TPSA) is 12.0 Å². The van der Waals surface area contributed by atoms with Crippen LogP contribution in [0.15, 0.2) is 30.3 Å². The summed E-state index contributed by atoms with van der Waals surface area (Å²) in [6.07, 6.45) is 1.37. The van der Waals surface area contributed by atoms with Crippen LogP contribution in [0.1, 0.15) is 24.5 Å². The third-order valence-corrected chi connectivity index (χ3v) is 1.99. The van der Waals surface area contributed by atoms with Gasteiger partial charge in [0.15, 0.2) is 0 Å². The van der Waals surface area contributed by atoms with Crippen LogP contribution >= 0.6 is 0 Å². The van der Waals surface area contributed by atoms with Crippen LogP contribution in [-0.4, -0.2) is 13.1 Å². The number of likely N-dealkylation sites (N-methyl/N-ethyl adjacent to an activating group) is 1. The van der Waals surface area contributed by atoms with Gasteiger partial charge in [-0.1, -0.05) is 37.3 Å². The smallest absolute Gasteiger partial charge is 0.263 e. The van der Waals surface area contributed by atoms with Gasteiger partial charge in [0.2, 0.25) is 0 Å². The molecular formula is C12H15F2N. The molecule has 0 aliphatic carbocycles. The van der Waals surface area contributed by atoms with Crippen molar-refractivity contribution in [1.29, 1.82) is 0 Å². The highest BCUT2D eigenvalue weighted by molar-refractivity contribution is 5.50. The number of rotatable bonds is 5. The highest BCUT2D eigenvalue weighted by Gasteiger charge is 2.05. The molecule has 0 amide bonds. The van der Waals surface area contributed by atoms with Gasteiger partial charge in [0.05, 0.1) is 0 Å². The fourth-order valence-corrected chi connectivity index (χ4v) is 1.22. The number of alkyl halides is 2. The molecule has 0 unspecified atom stereocenters. The van der Waals surface area contributed by atoms with Crippen molar-refractivity contribution >= 4 is 6.08 Å². The third-order valence-electron chi connectivity index (χ3n) is 1.99. The fourth-order valence-electron chi connectivity index (χ4n) is 1.22. The zero-order valence-corrected chi connectivity index (χ0v) is 8.71. The van der Waals surface area contributed by atoms with E-state index in [1.54, 1.807) is 6.07 Å². The van der Waals surface area contributed by atoms with Crippen LogP contribution in [0.5, 0.6) is 0 Å². The van der Waals surface area contributed by atoms with E-state index in [1.807, 2.05) is 25.1 Å². The summed E-state index contributed by atoms with van der Waals surface area (Å²) in [5.74, 6) is 0. The predicted molar refractivity (Wildman–Crippen MR) is 59.0 cm³/mol. The van der Waals surface area contributed by atoms with E-state index in [0.29, 0.717) is 0 Å². The minimum absolute atomic E-state index is 0.0700. The number of hydrogen-bond acceptors (Lipinski definition) is 1. The van der Waals surface area contributed by atoms with Gasteiger partial charge >= 0.3 is 0 Å². The monoisotopic (exact) mass is 211 g/mol. The minimum atomic E-state index is -2.40. The second-order valence-corrected chi connectivity index (χ2v) is 3.18. The summed E-state index contributed by atoms with van der Waals surface area (Å²) in [5.41, 5.74) is 0.881. The Kier molecular flexibility index (Phi) is 4.98. The van der Waals surface area contributed by atoms with Gasteiger partial charge in [-0.2, -0.15) is 0 Å². The Bertz CT molecular complexity index is 321. The molecule has 1 rings (SSSR count). The van der Waals surface area contributed by atoms with E-state index in [4.69, 9.17) is 0 Å². The molecule has 1 nitrogen and oxygen atoms in total. The van der Waals surface area contributed by atoms with Crippen molar-refractivity contribution in [2.45, 2.75) is 13.3 Å². The van der Waals surface area contributed by atoms with Gasteiger partial charge in [0.25, 0.3) is 6.43 Å². The summed E-state index contributed by atoms with van der Waals surface area (Å²) in [4.78, 5) is 0. The van der Waals surface area contributed by atoms with E-state index in [0.717, 1.165) is 18.7 Å². The Morgan fingerprint density at radius 3 is 2.87 bits per heavy atom. The molecule has 1 aromatic carbocycles. The van der Waals surface area contributed by atoms with Crippen LogP contribution < -0.4 is 5.32 Å². The molecule has 0 heterocycles. The quantitative estimate of drug-likeness (QED) is 0.737. The lowest BCUT2D eigenvalue weighted by Crippen LogP contribution is -2.11. The zero-order valence-electron chi connectivity index (χ0n) is 8.71. The Hall–Kier alpha value is -1.22. The molecule has 0 atom stereocenters. The first-order valence-electron chi connectivity index (χ1n) is 4.99. The Balaban J connectivity index is 2.61. The van der Waals surface area contributed by atoms with Crippen LogP contribution in [0, 0.1) is 0 Å². The number of nitrogens with one attached hydrogen (secondary N) is 1. The third kappa shape index (κ3) is 4.21. The molecule has 1 N–H and O–H groups in total. The van der Waals surface area contributed by atoms with Crippen LogP contribution in [0.3, 0.4) is 0 Å². The molecule has 0 saturated heterocycles. The molecule has 0 spiro atoms. The van der Waals surface area contributed by atoms with Crippen molar-refractivity contribution in [3.05, 3.63) is 41.5 Å². The van der Waals surface area contributed by atoms with Crippen LogP contribution in [-0.2, 0) is 0 Å². The Morgan fingerprint density at radius 2 is 2.20 bits per heavy atom. The maximum Gasteiger partial charge on any atom is 0.263 e. The average molecular weight is 211 g/mol. The second-order valence-electron chi connectivity index (χ2n) is 3.18. The molecular weight excluding hydrogens is 196 g/mol. The standard InChI is InChI=1S/C12H15F2N/c1-2-15-8-4-6-10-5-3-7-11(9-10)12(13)14/h3-7,9,12,15H,2,8H2,1H3/b6-4+. The van der Waals surface area contributed by atoms with Crippen molar-refractivity contribution in [2.24, 2.45) is 0 Å². The number of hydrogen-bond donors (Lipinski definition) is 1. The lowest BCUT2D eigenvalue weighted by Gasteiger charge is -2.00. The van der Waals surface area contributed by atoms with Gasteiger partial charge in [-0.25, -0.2) is 8.78 Å². The summed E-state index contributed by atoms with van der Waals surface area (Å²) in [7, 11) is 0. The van der Waals surface area contributed by atoms with Crippen LogP contribution in [0.25, 0.3) is 6.08 Å². The van der Waals surface area contributed by atoms with E-state index in [9.17, 15) is 8.78 Å². The summed E-state index contributed by atoms with van der Waals surface area (Å²) in [5, 5.41) is 3.12. The molecule has 0 aliphatic rings. The fraction of sp³-hybridized carbons (Fsp3) is 0.333. The van der Waals surface area contributed by atoms with Gasteiger partial charge in [-0.15, -0.1) is 0 Å². The number of benzene rings is 1. The Morgan fingerprint density at radius 1 is 1.40 bits per heavy atom. The summed E-state index contributed by atoms with van der Waals surface area (Å²) in [6.45, 7) is 3.68. The highest BCUT2D eigenvalue weighted by atomic mass is 19.3. The van der Waals surface area contributed by atoms with Gasteiger partial charge in [0.1, 0.15) is 0 Å².